The van der Waals surface area contributed by atoms with E-state index in [1.807, 2.05) is 6.07 Å². The van der Waals surface area contributed by atoms with E-state index in [0.29, 0.717) is 17.1 Å². The van der Waals surface area contributed by atoms with Gasteiger partial charge in [-0.15, -0.1) is 0 Å². The molecule has 128 valence electrons. The minimum Gasteiger partial charge on any atom is -0.497 e. The topological polar surface area (TPSA) is 81.7 Å². The number of benzene rings is 2. The van der Waals surface area contributed by atoms with Gasteiger partial charge >= 0.3 is 5.97 Å². The summed E-state index contributed by atoms with van der Waals surface area (Å²) < 4.78 is 37.1. The molecule has 0 aliphatic heterocycles. The number of hydrogen-bond donors (Lipinski definition) is 1. The number of aryl methyl sites for hydroxylation is 2. The number of hydrogen-bond acceptors (Lipinski definition) is 5. The summed E-state index contributed by atoms with van der Waals surface area (Å²) in [6.07, 6.45) is 0. The summed E-state index contributed by atoms with van der Waals surface area (Å²) in [6, 6.07) is 11.6. The van der Waals surface area contributed by atoms with Gasteiger partial charge in [0.1, 0.15) is 18.0 Å². The van der Waals surface area contributed by atoms with Crippen LogP contribution in [0.3, 0.4) is 0 Å². The van der Waals surface area contributed by atoms with Crippen molar-refractivity contribution in [3.8, 4) is 11.5 Å². The molecule has 0 aromatic heterocycles. The molecular weight excluding hydrogens is 330 g/mol. The van der Waals surface area contributed by atoms with Crippen LogP contribution in [0, 0.1) is 13.8 Å². The molecule has 24 heavy (non-hydrogen) atoms. The Hall–Kier alpha value is -2.38. The minimum absolute atomic E-state index is 0.0898. The van der Waals surface area contributed by atoms with Gasteiger partial charge in [-0.3, -0.25) is 4.79 Å². The Morgan fingerprint density at radius 3 is 2.42 bits per heavy atom. The maximum atomic E-state index is 12.3. The predicted octanol–water partition coefficient (Wildman–Crippen LogP) is 2.20. The Bertz CT molecular complexity index is 846. The van der Waals surface area contributed by atoms with Crippen molar-refractivity contribution in [3.05, 3.63) is 53.6 Å². The summed E-state index contributed by atoms with van der Waals surface area (Å²) >= 11 is 0. The van der Waals surface area contributed by atoms with Gasteiger partial charge in [0.15, 0.2) is 0 Å². The van der Waals surface area contributed by atoms with E-state index in [0.717, 1.165) is 5.56 Å². The molecule has 0 aliphatic rings. The highest BCUT2D eigenvalue weighted by molar-refractivity contribution is 7.89. The Morgan fingerprint density at radius 2 is 1.79 bits per heavy atom. The van der Waals surface area contributed by atoms with Crippen molar-refractivity contribution in [2.24, 2.45) is 0 Å². The molecule has 2 aromatic carbocycles. The minimum atomic E-state index is -3.82. The number of ether oxygens (including phenoxy) is 2. The Kier molecular flexibility index (Phi) is 5.58. The van der Waals surface area contributed by atoms with Crippen LogP contribution in [-0.4, -0.2) is 28.0 Å². The first-order valence-electron chi connectivity index (χ1n) is 7.24. The highest BCUT2D eigenvalue weighted by atomic mass is 32.2. The zero-order valence-corrected chi connectivity index (χ0v) is 14.5. The van der Waals surface area contributed by atoms with Crippen molar-refractivity contribution in [2.45, 2.75) is 18.7 Å². The van der Waals surface area contributed by atoms with Crippen molar-refractivity contribution in [1.29, 1.82) is 0 Å². The maximum absolute atomic E-state index is 12.3. The summed E-state index contributed by atoms with van der Waals surface area (Å²) in [6.45, 7) is 3.00. The van der Waals surface area contributed by atoms with Gasteiger partial charge in [0.05, 0.1) is 12.0 Å². The molecule has 0 saturated heterocycles. The zero-order valence-electron chi connectivity index (χ0n) is 13.7. The summed E-state index contributed by atoms with van der Waals surface area (Å²) in [5.41, 5.74) is 1.31. The van der Waals surface area contributed by atoms with Gasteiger partial charge in [-0.25, -0.2) is 8.42 Å². The van der Waals surface area contributed by atoms with E-state index in [1.54, 1.807) is 44.2 Å². The highest BCUT2D eigenvalue weighted by Crippen LogP contribution is 2.21. The van der Waals surface area contributed by atoms with Crippen molar-refractivity contribution in [1.82, 2.24) is 4.72 Å². The second kappa shape index (κ2) is 7.46. The first-order valence-corrected chi connectivity index (χ1v) is 8.72. The highest BCUT2D eigenvalue weighted by Gasteiger charge is 2.19. The molecular formula is C17H19NO5S. The van der Waals surface area contributed by atoms with Crippen LogP contribution < -0.4 is 14.2 Å². The molecule has 0 spiro atoms. The Morgan fingerprint density at radius 1 is 1.08 bits per heavy atom. The first-order chi connectivity index (χ1) is 11.3. The second-order valence-corrected chi connectivity index (χ2v) is 6.93. The summed E-state index contributed by atoms with van der Waals surface area (Å²) in [4.78, 5) is 11.9. The standard InChI is InChI=1S/C17H19NO5S/c1-12-6-4-5-7-15(12)23-17(19)11-18-24(20,21)16-9-8-14(22-3)10-13(16)2/h4-10,18H,11H2,1-3H3. The molecule has 0 unspecified atom stereocenters. The molecule has 0 fully saturated rings. The Balaban J connectivity index is 2.05. The molecule has 0 atom stereocenters. The van der Waals surface area contributed by atoms with Crippen LogP contribution in [0.5, 0.6) is 11.5 Å². The second-order valence-electron chi connectivity index (χ2n) is 5.20. The molecule has 0 aliphatic carbocycles. The number of esters is 1. The van der Waals surface area contributed by atoms with E-state index in [9.17, 15) is 13.2 Å². The van der Waals surface area contributed by atoms with E-state index in [4.69, 9.17) is 9.47 Å². The van der Waals surface area contributed by atoms with Gasteiger partial charge in [0, 0.05) is 0 Å². The van der Waals surface area contributed by atoms with Crippen LogP contribution in [0.2, 0.25) is 0 Å². The lowest BCUT2D eigenvalue weighted by atomic mass is 10.2. The number of carbonyl (C=O) groups excluding carboxylic acids is 1. The van der Waals surface area contributed by atoms with Crippen LogP contribution in [0.4, 0.5) is 0 Å². The van der Waals surface area contributed by atoms with Crippen molar-refractivity contribution < 1.29 is 22.7 Å². The maximum Gasteiger partial charge on any atom is 0.326 e. The van der Waals surface area contributed by atoms with Gasteiger partial charge < -0.3 is 9.47 Å². The van der Waals surface area contributed by atoms with Gasteiger partial charge in [-0.1, -0.05) is 18.2 Å². The lowest BCUT2D eigenvalue weighted by Crippen LogP contribution is -2.32. The number of sulfonamides is 1. The lowest BCUT2D eigenvalue weighted by molar-refractivity contribution is -0.133. The van der Waals surface area contributed by atoms with Gasteiger partial charge in [-0.2, -0.15) is 4.72 Å². The summed E-state index contributed by atoms with van der Waals surface area (Å²) in [5.74, 6) is 0.284. The molecule has 2 aromatic rings. The average Bonchev–Trinajstić information content (AvgIpc) is 2.55. The molecule has 0 bridgehead atoms. The summed E-state index contributed by atoms with van der Waals surface area (Å²) in [5, 5.41) is 0. The number of nitrogens with one attached hydrogen (secondary N) is 1. The van der Waals surface area contributed by atoms with Crippen LogP contribution >= 0.6 is 0 Å². The summed E-state index contributed by atoms with van der Waals surface area (Å²) in [7, 11) is -2.32. The van der Waals surface area contributed by atoms with Crippen LogP contribution in [0.1, 0.15) is 11.1 Å². The predicted molar refractivity (Wildman–Crippen MR) is 89.7 cm³/mol. The van der Waals surface area contributed by atoms with Crippen molar-refractivity contribution in [3.63, 3.8) is 0 Å². The molecule has 0 amide bonds. The fourth-order valence-electron chi connectivity index (χ4n) is 2.11. The third-order valence-corrected chi connectivity index (χ3v) is 4.96. The lowest BCUT2D eigenvalue weighted by Gasteiger charge is -2.11. The van der Waals surface area contributed by atoms with Gasteiger partial charge in [-0.05, 0) is 49.2 Å². The third-order valence-electron chi connectivity index (χ3n) is 3.40. The van der Waals surface area contributed by atoms with E-state index < -0.39 is 22.5 Å². The fraction of sp³-hybridized carbons (Fsp3) is 0.235. The van der Waals surface area contributed by atoms with E-state index in [-0.39, 0.29) is 4.90 Å². The average molecular weight is 349 g/mol. The van der Waals surface area contributed by atoms with E-state index >= 15 is 0 Å². The number of methoxy groups -OCH3 is 1. The van der Waals surface area contributed by atoms with Gasteiger partial charge in [0.25, 0.3) is 0 Å². The number of para-hydroxylation sites is 1. The van der Waals surface area contributed by atoms with Crippen LogP contribution in [-0.2, 0) is 14.8 Å². The fourth-order valence-corrected chi connectivity index (χ4v) is 3.31. The molecule has 1 N–H and O–H groups in total. The third kappa shape index (κ3) is 4.33. The normalized spacial score (nSPS) is 11.1. The van der Waals surface area contributed by atoms with Crippen LogP contribution in [0.15, 0.2) is 47.4 Å². The van der Waals surface area contributed by atoms with Crippen LogP contribution in [0.25, 0.3) is 0 Å². The Labute approximate surface area is 141 Å². The molecule has 2 rings (SSSR count). The SMILES string of the molecule is COc1ccc(S(=O)(=O)NCC(=O)Oc2ccccc2C)c(C)c1. The zero-order chi connectivity index (χ0) is 17.7. The van der Waals surface area contributed by atoms with Gasteiger partial charge in [0.2, 0.25) is 10.0 Å². The molecule has 6 nitrogen and oxygen atoms in total. The molecule has 7 heteroatoms. The largest absolute Gasteiger partial charge is 0.497 e. The number of rotatable bonds is 6. The number of carbonyl (C=O) groups is 1. The quantitative estimate of drug-likeness (QED) is 0.639. The monoisotopic (exact) mass is 349 g/mol. The molecule has 0 heterocycles. The van der Waals surface area contributed by atoms with E-state index in [1.165, 1.54) is 13.2 Å². The van der Waals surface area contributed by atoms with E-state index in [2.05, 4.69) is 4.72 Å². The van der Waals surface area contributed by atoms with Crippen molar-refractivity contribution in [2.75, 3.05) is 13.7 Å². The first kappa shape index (κ1) is 18.0. The smallest absolute Gasteiger partial charge is 0.326 e. The molecule has 0 radical (unpaired) electrons. The molecule has 0 saturated carbocycles. The van der Waals surface area contributed by atoms with Crippen molar-refractivity contribution >= 4 is 16.0 Å².